The van der Waals surface area contributed by atoms with Gasteiger partial charge in [-0.1, -0.05) is 84.9 Å². The third-order valence-electron chi connectivity index (χ3n) is 6.34. The van der Waals surface area contributed by atoms with Crippen molar-refractivity contribution in [1.29, 1.82) is 0 Å². The molecule has 0 unspecified atom stereocenters. The molecular formula is C29H25ClN2O4. The predicted molar refractivity (Wildman–Crippen MR) is 138 cm³/mol. The van der Waals surface area contributed by atoms with Gasteiger partial charge in [-0.05, 0) is 35.8 Å². The van der Waals surface area contributed by atoms with Gasteiger partial charge in [0.15, 0.2) is 18.2 Å². The molecule has 0 saturated carbocycles. The summed E-state index contributed by atoms with van der Waals surface area (Å²) in [5.41, 5.74) is 3.84. The molecule has 1 fully saturated rings. The number of fused-ring (bicyclic) bond motifs is 1. The lowest BCUT2D eigenvalue weighted by Crippen LogP contribution is -2.68. The lowest BCUT2D eigenvalue weighted by atomic mass is 9.97. The summed E-state index contributed by atoms with van der Waals surface area (Å²) in [4.78, 5) is 32.5. The van der Waals surface area contributed by atoms with E-state index < -0.39 is 30.4 Å². The van der Waals surface area contributed by atoms with E-state index in [-0.39, 0.29) is 11.8 Å². The number of carbonyl (C=O) groups is 2. The van der Waals surface area contributed by atoms with Gasteiger partial charge in [0.25, 0.3) is 5.91 Å². The summed E-state index contributed by atoms with van der Waals surface area (Å²) >= 11 is 6.10. The minimum atomic E-state index is -1.10. The van der Waals surface area contributed by atoms with E-state index in [1.807, 2.05) is 91.9 Å². The number of benzene rings is 3. The molecule has 3 aromatic rings. The molecule has 0 spiro atoms. The predicted octanol–water partition coefficient (Wildman–Crippen LogP) is 4.81. The summed E-state index contributed by atoms with van der Waals surface area (Å²) in [6.45, 7) is 5.95. The number of hydrogen-bond acceptors (Lipinski definition) is 5. The van der Waals surface area contributed by atoms with Crippen LogP contribution in [0.1, 0.15) is 28.4 Å². The summed E-state index contributed by atoms with van der Waals surface area (Å²) in [6.07, 6.45) is -1.39. The van der Waals surface area contributed by atoms with Crippen molar-refractivity contribution in [3.05, 3.63) is 119 Å². The average Bonchev–Trinajstić information content (AvgIpc) is 3.31. The molecule has 3 aromatic carbocycles. The normalized spacial score (nSPS) is 19.1. The second-order valence-corrected chi connectivity index (χ2v) is 9.10. The van der Waals surface area contributed by atoms with Crippen LogP contribution in [0.25, 0.3) is 0 Å². The molecule has 2 aliphatic rings. The van der Waals surface area contributed by atoms with Crippen molar-refractivity contribution in [2.24, 2.45) is 4.99 Å². The Balaban J connectivity index is 1.40. The summed E-state index contributed by atoms with van der Waals surface area (Å²) < 4.78 is 12.1. The van der Waals surface area contributed by atoms with E-state index in [0.717, 1.165) is 22.3 Å². The standard InChI is InChI=1S/C29H25ClN2O4/c1-18-13-15-22(16-14-18)26-31-23-27(33)32(28(23)36-26)24(19(2)17-30)29(34)35-25(20-9-5-3-6-10-20)21-11-7-4-8-12-21/h3-16,23-25,28H,2,17H2,1H3/t23-,24+,28-/m0/s1. The number of hydrogen-bond donors (Lipinski definition) is 0. The first-order chi connectivity index (χ1) is 17.5. The van der Waals surface area contributed by atoms with Crippen LogP contribution in [-0.2, 0) is 19.1 Å². The van der Waals surface area contributed by atoms with Gasteiger partial charge in [-0.2, -0.15) is 0 Å². The first-order valence-electron chi connectivity index (χ1n) is 11.7. The van der Waals surface area contributed by atoms with E-state index in [4.69, 9.17) is 21.1 Å². The van der Waals surface area contributed by atoms with E-state index in [1.54, 1.807) is 0 Å². The highest BCUT2D eigenvalue weighted by molar-refractivity contribution is 6.20. The summed E-state index contributed by atoms with van der Waals surface area (Å²) in [5, 5.41) is 0. The number of rotatable bonds is 8. The average molecular weight is 501 g/mol. The van der Waals surface area contributed by atoms with Crippen molar-refractivity contribution < 1.29 is 19.1 Å². The number of nitrogens with zero attached hydrogens (tertiary/aromatic N) is 2. The molecular weight excluding hydrogens is 476 g/mol. The maximum Gasteiger partial charge on any atom is 0.334 e. The van der Waals surface area contributed by atoms with Gasteiger partial charge in [0.05, 0.1) is 0 Å². The molecule has 2 heterocycles. The van der Waals surface area contributed by atoms with Gasteiger partial charge in [0.2, 0.25) is 12.1 Å². The monoisotopic (exact) mass is 500 g/mol. The van der Waals surface area contributed by atoms with Crippen LogP contribution in [0.4, 0.5) is 0 Å². The Bertz CT molecular complexity index is 1270. The van der Waals surface area contributed by atoms with Crippen LogP contribution < -0.4 is 0 Å². The third-order valence-corrected chi connectivity index (χ3v) is 6.68. The van der Waals surface area contributed by atoms with Crippen LogP contribution in [0.2, 0.25) is 0 Å². The topological polar surface area (TPSA) is 68.2 Å². The Morgan fingerprint density at radius 3 is 2.17 bits per heavy atom. The van der Waals surface area contributed by atoms with E-state index in [2.05, 4.69) is 11.6 Å². The van der Waals surface area contributed by atoms with Gasteiger partial charge < -0.3 is 9.47 Å². The van der Waals surface area contributed by atoms with Crippen molar-refractivity contribution >= 4 is 29.4 Å². The molecule has 2 aliphatic heterocycles. The molecule has 6 nitrogen and oxygen atoms in total. The molecule has 0 aromatic heterocycles. The van der Waals surface area contributed by atoms with Crippen LogP contribution in [0.5, 0.6) is 0 Å². The minimum absolute atomic E-state index is 0.0199. The van der Waals surface area contributed by atoms with E-state index >= 15 is 0 Å². The fraction of sp³-hybridized carbons (Fsp3) is 0.207. The SMILES string of the molecule is C=C(CCl)[C@H](C(=O)OC(c1ccccc1)c1ccccc1)N1C(=O)[C@@H]2N=C(c3ccc(C)cc3)O[C@@H]21. The number of aliphatic imine (C=N–C) groups is 1. The molecule has 0 bridgehead atoms. The fourth-order valence-corrected chi connectivity index (χ4v) is 4.56. The number of alkyl halides is 1. The third kappa shape index (κ3) is 4.40. The van der Waals surface area contributed by atoms with Crippen LogP contribution in [-0.4, -0.2) is 46.9 Å². The highest BCUT2D eigenvalue weighted by atomic mass is 35.5. The Kier molecular flexibility index (Phi) is 6.61. The van der Waals surface area contributed by atoms with Crippen molar-refractivity contribution in [1.82, 2.24) is 4.90 Å². The summed E-state index contributed by atoms with van der Waals surface area (Å²) in [7, 11) is 0. The summed E-state index contributed by atoms with van der Waals surface area (Å²) in [6, 6.07) is 24.8. The minimum Gasteiger partial charge on any atom is -0.451 e. The van der Waals surface area contributed by atoms with Gasteiger partial charge in [0.1, 0.15) is 0 Å². The molecule has 182 valence electrons. The molecule has 1 amide bonds. The molecule has 36 heavy (non-hydrogen) atoms. The molecule has 3 atom stereocenters. The van der Waals surface area contributed by atoms with Gasteiger partial charge in [-0.25, -0.2) is 9.79 Å². The number of ether oxygens (including phenoxy) is 2. The van der Waals surface area contributed by atoms with Gasteiger partial charge in [0, 0.05) is 11.4 Å². The number of β-lactam (4-membered cyclic amide) rings is 1. The number of halogens is 1. The van der Waals surface area contributed by atoms with Crippen LogP contribution in [0.15, 0.2) is 102 Å². The number of esters is 1. The summed E-state index contributed by atoms with van der Waals surface area (Å²) in [5.74, 6) is -0.603. The Morgan fingerprint density at radius 2 is 1.61 bits per heavy atom. The highest BCUT2D eigenvalue weighted by Gasteiger charge is 2.58. The van der Waals surface area contributed by atoms with Crippen LogP contribution in [0, 0.1) is 6.92 Å². The van der Waals surface area contributed by atoms with Crippen LogP contribution >= 0.6 is 11.6 Å². The quantitative estimate of drug-likeness (QED) is 0.193. The lowest BCUT2D eigenvalue weighted by Gasteiger charge is -2.44. The van der Waals surface area contributed by atoms with Crippen molar-refractivity contribution in [2.75, 3.05) is 5.88 Å². The van der Waals surface area contributed by atoms with Gasteiger partial charge >= 0.3 is 5.97 Å². The highest BCUT2D eigenvalue weighted by Crippen LogP contribution is 2.36. The van der Waals surface area contributed by atoms with E-state index in [9.17, 15) is 9.59 Å². The Labute approximate surface area is 214 Å². The van der Waals surface area contributed by atoms with Crippen molar-refractivity contribution in [3.63, 3.8) is 0 Å². The lowest BCUT2D eigenvalue weighted by molar-refractivity contribution is -0.178. The number of amides is 1. The Hall–Kier alpha value is -3.90. The fourth-order valence-electron chi connectivity index (χ4n) is 4.41. The maximum absolute atomic E-state index is 13.6. The second-order valence-electron chi connectivity index (χ2n) is 8.83. The van der Waals surface area contributed by atoms with Gasteiger partial charge in [-0.3, -0.25) is 9.69 Å². The van der Waals surface area contributed by atoms with E-state index in [1.165, 1.54) is 4.90 Å². The van der Waals surface area contributed by atoms with Crippen molar-refractivity contribution in [2.45, 2.75) is 31.3 Å². The molecule has 5 rings (SSSR count). The molecule has 7 heteroatoms. The number of carbonyl (C=O) groups excluding carboxylic acids is 2. The molecule has 0 radical (unpaired) electrons. The second kappa shape index (κ2) is 9.99. The largest absolute Gasteiger partial charge is 0.451 e. The van der Waals surface area contributed by atoms with Gasteiger partial charge in [-0.15, -0.1) is 11.6 Å². The zero-order valence-corrected chi connectivity index (χ0v) is 20.5. The first-order valence-corrected chi connectivity index (χ1v) is 12.2. The van der Waals surface area contributed by atoms with Crippen molar-refractivity contribution in [3.8, 4) is 0 Å². The number of likely N-dealkylation sites (tertiary alicyclic amines) is 1. The zero-order chi connectivity index (χ0) is 25.2. The first kappa shape index (κ1) is 23.8. The van der Waals surface area contributed by atoms with E-state index in [0.29, 0.717) is 11.5 Å². The maximum atomic E-state index is 13.6. The molecule has 0 aliphatic carbocycles. The van der Waals surface area contributed by atoms with Crippen LogP contribution in [0.3, 0.4) is 0 Å². The molecule has 1 saturated heterocycles. The zero-order valence-electron chi connectivity index (χ0n) is 19.7. The number of aryl methyl sites for hydroxylation is 1. The Morgan fingerprint density at radius 1 is 1.03 bits per heavy atom. The smallest absolute Gasteiger partial charge is 0.334 e. The molecule has 0 N–H and O–H groups in total.